The maximum Gasteiger partial charge on any atom is 0.263 e. The van der Waals surface area contributed by atoms with E-state index in [4.69, 9.17) is 4.74 Å². The van der Waals surface area contributed by atoms with Gasteiger partial charge >= 0.3 is 0 Å². The molecule has 4 heterocycles. The summed E-state index contributed by atoms with van der Waals surface area (Å²) in [6.07, 6.45) is 1.67. The second-order valence-corrected chi connectivity index (χ2v) is 7.95. The van der Waals surface area contributed by atoms with E-state index >= 15 is 0 Å². The van der Waals surface area contributed by atoms with E-state index in [1.54, 1.807) is 6.07 Å². The van der Waals surface area contributed by atoms with Gasteiger partial charge in [0.1, 0.15) is 0 Å². The van der Waals surface area contributed by atoms with Crippen molar-refractivity contribution in [2.75, 3.05) is 23.4 Å². The molecule has 2 aliphatic rings. The van der Waals surface area contributed by atoms with Crippen LogP contribution >= 0.6 is 0 Å². The maximum absolute atomic E-state index is 13.0. The first-order chi connectivity index (χ1) is 14.6. The largest absolute Gasteiger partial charge is 0.377 e. The summed E-state index contributed by atoms with van der Waals surface area (Å²) < 4.78 is 31.7. The molecule has 2 bridgehead atoms. The Kier molecular flexibility index (Phi) is 4.94. The van der Waals surface area contributed by atoms with Crippen LogP contribution in [0.5, 0.6) is 0 Å². The minimum atomic E-state index is -2.49. The standard InChI is InChI=1S/C22H23F2N5O/c1-13-20-19(8-18(10-25-20)29-16-5-6-17(29)12-30-11-16)22(28-27-13)26-9-14-3-2-4-15(7-14)21(23)24/h2-4,7-8,10,16-17,21H,5-6,9,11-12H2,1H3,(H,26,28). The Balaban J connectivity index is 1.46. The molecule has 3 aromatic rings. The highest BCUT2D eigenvalue weighted by Crippen LogP contribution is 2.36. The van der Waals surface area contributed by atoms with Gasteiger partial charge in [-0.05, 0) is 37.5 Å². The highest BCUT2D eigenvalue weighted by molar-refractivity contribution is 5.92. The number of halogens is 2. The van der Waals surface area contributed by atoms with E-state index in [9.17, 15) is 8.78 Å². The molecule has 2 fully saturated rings. The molecule has 0 aliphatic carbocycles. The molecular weight excluding hydrogens is 388 g/mol. The summed E-state index contributed by atoms with van der Waals surface area (Å²) in [5.74, 6) is 0.605. The molecule has 2 atom stereocenters. The van der Waals surface area contributed by atoms with Crippen molar-refractivity contribution in [3.63, 3.8) is 0 Å². The van der Waals surface area contributed by atoms with Gasteiger partial charge in [-0.3, -0.25) is 4.98 Å². The number of rotatable bonds is 5. The van der Waals surface area contributed by atoms with Crippen LogP contribution in [0.1, 0.15) is 36.1 Å². The lowest BCUT2D eigenvalue weighted by molar-refractivity contribution is 0.0906. The Bertz CT molecular complexity index is 1060. The monoisotopic (exact) mass is 411 g/mol. The van der Waals surface area contributed by atoms with E-state index in [1.807, 2.05) is 19.2 Å². The predicted molar refractivity (Wildman–Crippen MR) is 111 cm³/mol. The van der Waals surface area contributed by atoms with Crippen molar-refractivity contribution in [3.05, 3.63) is 53.3 Å². The van der Waals surface area contributed by atoms with Gasteiger partial charge in [-0.1, -0.05) is 18.2 Å². The molecule has 0 amide bonds. The van der Waals surface area contributed by atoms with E-state index in [1.165, 1.54) is 12.1 Å². The molecule has 5 rings (SSSR count). The molecule has 1 aromatic carbocycles. The summed E-state index contributed by atoms with van der Waals surface area (Å²) in [6.45, 7) is 3.75. The van der Waals surface area contributed by atoms with Crippen molar-refractivity contribution in [3.8, 4) is 0 Å². The normalized spacial score (nSPS) is 20.9. The second kappa shape index (κ2) is 7.75. The smallest absolute Gasteiger partial charge is 0.263 e. The van der Waals surface area contributed by atoms with Gasteiger partial charge in [-0.2, -0.15) is 5.10 Å². The fourth-order valence-corrected chi connectivity index (χ4v) is 4.50. The lowest BCUT2D eigenvalue weighted by Gasteiger charge is -2.36. The number of pyridine rings is 1. The summed E-state index contributed by atoms with van der Waals surface area (Å²) in [5.41, 5.74) is 3.39. The molecule has 2 unspecified atom stereocenters. The highest BCUT2D eigenvalue weighted by atomic mass is 19.3. The van der Waals surface area contributed by atoms with Crippen molar-refractivity contribution >= 4 is 22.4 Å². The van der Waals surface area contributed by atoms with Gasteiger partial charge in [-0.15, -0.1) is 5.10 Å². The van der Waals surface area contributed by atoms with Crippen LogP contribution in [0.25, 0.3) is 10.9 Å². The molecule has 2 aromatic heterocycles. The molecule has 0 spiro atoms. The number of ether oxygens (including phenoxy) is 1. The predicted octanol–water partition coefficient (Wildman–Crippen LogP) is 4.25. The van der Waals surface area contributed by atoms with Crippen LogP contribution in [0.2, 0.25) is 0 Å². The molecule has 30 heavy (non-hydrogen) atoms. The van der Waals surface area contributed by atoms with Crippen molar-refractivity contribution in [1.29, 1.82) is 0 Å². The molecule has 6 nitrogen and oxygen atoms in total. The van der Waals surface area contributed by atoms with Crippen LogP contribution in [0.15, 0.2) is 36.5 Å². The number of nitrogens with zero attached hydrogens (tertiary/aromatic N) is 4. The Morgan fingerprint density at radius 2 is 1.97 bits per heavy atom. The number of morpholine rings is 1. The zero-order chi connectivity index (χ0) is 20.7. The third-order valence-electron chi connectivity index (χ3n) is 5.97. The minimum absolute atomic E-state index is 0.0147. The molecule has 156 valence electrons. The number of fused-ring (bicyclic) bond motifs is 3. The Hall–Kier alpha value is -2.87. The fraction of sp³-hybridized carbons (Fsp3) is 0.409. The quantitative estimate of drug-likeness (QED) is 0.677. The number of aryl methyl sites for hydroxylation is 1. The average molecular weight is 411 g/mol. The molecule has 0 saturated carbocycles. The van der Waals surface area contributed by atoms with Crippen molar-refractivity contribution < 1.29 is 13.5 Å². The van der Waals surface area contributed by atoms with E-state index in [0.717, 1.165) is 53.9 Å². The van der Waals surface area contributed by atoms with Gasteiger partial charge in [0.2, 0.25) is 0 Å². The van der Waals surface area contributed by atoms with Crippen molar-refractivity contribution in [2.24, 2.45) is 0 Å². The zero-order valence-electron chi connectivity index (χ0n) is 16.7. The molecule has 2 saturated heterocycles. The number of nitrogens with one attached hydrogen (secondary N) is 1. The number of hydrogen-bond donors (Lipinski definition) is 1. The Morgan fingerprint density at radius 3 is 2.73 bits per heavy atom. The number of benzene rings is 1. The average Bonchev–Trinajstić information content (AvgIpc) is 3.01. The van der Waals surface area contributed by atoms with E-state index in [0.29, 0.717) is 24.4 Å². The van der Waals surface area contributed by atoms with Gasteiger partial charge < -0.3 is 15.0 Å². The van der Waals surface area contributed by atoms with Gasteiger partial charge in [0, 0.05) is 17.5 Å². The first kappa shape index (κ1) is 19.1. The van der Waals surface area contributed by atoms with E-state index in [-0.39, 0.29) is 5.56 Å². The van der Waals surface area contributed by atoms with E-state index in [2.05, 4.69) is 31.5 Å². The molecule has 1 N–H and O–H groups in total. The summed E-state index contributed by atoms with van der Waals surface area (Å²) in [5, 5.41) is 12.7. The van der Waals surface area contributed by atoms with Crippen molar-refractivity contribution in [1.82, 2.24) is 15.2 Å². The summed E-state index contributed by atoms with van der Waals surface area (Å²) >= 11 is 0. The van der Waals surface area contributed by atoms with Crippen LogP contribution < -0.4 is 10.2 Å². The number of hydrogen-bond acceptors (Lipinski definition) is 6. The number of aromatic nitrogens is 3. The third kappa shape index (κ3) is 3.45. The first-order valence-corrected chi connectivity index (χ1v) is 10.2. The minimum Gasteiger partial charge on any atom is -0.377 e. The highest BCUT2D eigenvalue weighted by Gasteiger charge is 2.37. The lowest BCUT2D eigenvalue weighted by atomic mass is 10.1. The van der Waals surface area contributed by atoms with Gasteiger partial charge in [0.25, 0.3) is 6.43 Å². The summed E-state index contributed by atoms with van der Waals surface area (Å²) in [6, 6.07) is 9.28. The molecular formula is C22H23F2N5O. The topological polar surface area (TPSA) is 63.2 Å². The fourth-order valence-electron chi connectivity index (χ4n) is 4.50. The van der Waals surface area contributed by atoms with Crippen LogP contribution in [0.4, 0.5) is 20.3 Å². The number of alkyl halides is 2. The second-order valence-electron chi connectivity index (χ2n) is 7.95. The van der Waals surface area contributed by atoms with Gasteiger partial charge in [0.05, 0.1) is 48.4 Å². The maximum atomic E-state index is 13.0. The van der Waals surface area contributed by atoms with Gasteiger partial charge in [-0.25, -0.2) is 8.78 Å². The molecule has 8 heteroatoms. The number of anilines is 2. The zero-order valence-corrected chi connectivity index (χ0v) is 16.7. The van der Waals surface area contributed by atoms with E-state index < -0.39 is 6.43 Å². The van der Waals surface area contributed by atoms with Crippen LogP contribution in [-0.4, -0.2) is 40.5 Å². The summed E-state index contributed by atoms with van der Waals surface area (Å²) in [7, 11) is 0. The Labute approximate surface area is 173 Å². The SMILES string of the molecule is Cc1nnc(NCc2cccc(C(F)F)c2)c2cc(N3C4CCC3COC4)cnc12. The van der Waals surface area contributed by atoms with Gasteiger partial charge in [0.15, 0.2) is 5.82 Å². The molecule has 0 radical (unpaired) electrons. The van der Waals surface area contributed by atoms with Crippen LogP contribution in [-0.2, 0) is 11.3 Å². The lowest BCUT2D eigenvalue weighted by Crippen LogP contribution is -2.45. The van der Waals surface area contributed by atoms with Crippen LogP contribution in [0, 0.1) is 6.92 Å². The molecule has 2 aliphatic heterocycles. The summed E-state index contributed by atoms with van der Waals surface area (Å²) in [4.78, 5) is 7.10. The van der Waals surface area contributed by atoms with Crippen LogP contribution in [0.3, 0.4) is 0 Å². The third-order valence-corrected chi connectivity index (χ3v) is 5.97. The van der Waals surface area contributed by atoms with Crippen molar-refractivity contribution in [2.45, 2.75) is 44.8 Å². The Morgan fingerprint density at radius 1 is 1.17 bits per heavy atom. The first-order valence-electron chi connectivity index (χ1n) is 10.2.